The van der Waals surface area contributed by atoms with E-state index in [1.165, 1.54) is 24.4 Å². The van der Waals surface area contributed by atoms with E-state index in [2.05, 4.69) is 9.97 Å². The van der Waals surface area contributed by atoms with E-state index >= 15 is 0 Å². The highest BCUT2D eigenvalue weighted by Gasteiger charge is 2.31. The lowest BCUT2D eigenvalue weighted by Crippen LogP contribution is -2.20. The SMILES string of the molecule is O=C(c1cccc(OCc2ccc(Cl)cc2)c1OCC(F)(F)F)c1c[nH]c2ncccc12. The van der Waals surface area contributed by atoms with Gasteiger partial charge in [0.1, 0.15) is 12.3 Å². The molecule has 0 spiro atoms. The van der Waals surface area contributed by atoms with Gasteiger partial charge >= 0.3 is 6.18 Å². The third-order valence-electron chi connectivity index (χ3n) is 4.61. The lowest BCUT2D eigenvalue weighted by Gasteiger charge is -2.17. The summed E-state index contributed by atoms with van der Waals surface area (Å²) < 4.78 is 49.5. The number of ether oxygens (including phenoxy) is 2. The van der Waals surface area contributed by atoms with Gasteiger partial charge in [-0.1, -0.05) is 29.8 Å². The number of pyridine rings is 1. The molecule has 2 heterocycles. The van der Waals surface area contributed by atoms with Gasteiger partial charge in [-0.05, 0) is 42.0 Å². The third kappa shape index (κ3) is 4.86. The second-order valence-corrected chi connectivity index (χ2v) is 7.32. The van der Waals surface area contributed by atoms with Crippen molar-refractivity contribution in [1.29, 1.82) is 0 Å². The molecule has 2 aromatic heterocycles. The molecule has 0 aliphatic rings. The number of alkyl halides is 3. The summed E-state index contributed by atoms with van der Waals surface area (Å²) in [5.41, 5.74) is 1.45. The number of ketones is 1. The average Bonchev–Trinajstić information content (AvgIpc) is 3.20. The van der Waals surface area contributed by atoms with E-state index in [0.29, 0.717) is 16.1 Å². The number of hydrogen-bond acceptors (Lipinski definition) is 4. The van der Waals surface area contributed by atoms with Crippen LogP contribution in [0.1, 0.15) is 21.5 Å². The molecular weight excluding hydrogens is 445 g/mol. The Bertz CT molecular complexity index is 1250. The van der Waals surface area contributed by atoms with Gasteiger partial charge in [-0.25, -0.2) is 4.98 Å². The van der Waals surface area contributed by atoms with Gasteiger partial charge in [0.25, 0.3) is 0 Å². The van der Waals surface area contributed by atoms with Crippen LogP contribution >= 0.6 is 11.6 Å². The van der Waals surface area contributed by atoms with Crippen molar-refractivity contribution in [1.82, 2.24) is 9.97 Å². The number of halogens is 4. The van der Waals surface area contributed by atoms with Crippen molar-refractivity contribution in [2.24, 2.45) is 0 Å². The third-order valence-corrected chi connectivity index (χ3v) is 4.86. The molecule has 164 valence electrons. The van der Waals surface area contributed by atoms with E-state index in [-0.39, 0.29) is 29.2 Å². The second kappa shape index (κ2) is 8.92. The van der Waals surface area contributed by atoms with Crippen molar-refractivity contribution >= 4 is 28.4 Å². The molecule has 4 rings (SSSR count). The van der Waals surface area contributed by atoms with Crippen molar-refractivity contribution < 1.29 is 27.4 Å². The zero-order valence-electron chi connectivity index (χ0n) is 16.4. The Hall–Kier alpha value is -3.52. The Kier molecular flexibility index (Phi) is 6.05. The van der Waals surface area contributed by atoms with Crippen LogP contribution in [0.3, 0.4) is 0 Å². The zero-order valence-corrected chi connectivity index (χ0v) is 17.2. The molecule has 4 aromatic rings. The Balaban J connectivity index is 1.69. The first-order chi connectivity index (χ1) is 15.3. The fourth-order valence-electron chi connectivity index (χ4n) is 3.14. The Labute approximate surface area is 185 Å². The molecule has 0 bridgehead atoms. The van der Waals surface area contributed by atoms with E-state index in [9.17, 15) is 18.0 Å². The fraction of sp³-hybridized carbons (Fsp3) is 0.130. The van der Waals surface area contributed by atoms with Crippen molar-refractivity contribution in [2.45, 2.75) is 12.8 Å². The van der Waals surface area contributed by atoms with Gasteiger partial charge < -0.3 is 14.5 Å². The summed E-state index contributed by atoms with van der Waals surface area (Å²) in [4.78, 5) is 20.3. The molecule has 0 fully saturated rings. The first kappa shape index (κ1) is 21.7. The summed E-state index contributed by atoms with van der Waals surface area (Å²) >= 11 is 5.87. The molecule has 32 heavy (non-hydrogen) atoms. The molecule has 0 amide bonds. The number of benzene rings is 2. The van der Waals surface area contributed by atoms with E-state index < -0.39 is 18.6 Å². The number of rotatable bonds is 7. The normalized spacial score (nSPS) is 11.5. The van der Waals surface area contributed by atoms with Gasteiger partial charge in [0.15, 0.2) is 23.9 Å². The number of H-pyrrole nitrogens is 1. The fourth-order valence-corrected chi connectivity index (χ4v) is 3.27. The highest BCUT2D eigenvalue weighted by molar-refractivity contribution is 6.30. The maximum absolute atomic E-state index is 13.3. The lowest BCUT2D eigenvalue weighted by molar-refractivity contribution is -0.153. The monoisotopic (exact) mass is 460 g/mol. The minimum atomic E-state index is -4.59. The maximum Gasteiger partial charge on any atom is 0.422 e. The number of carbonyl (C=O) groups excluding carboxylic acids is 1. The van der Waals surface area contributed by atoms with Crippen LogP contribution in [0.2, 0.25) is 5.02 Å². The van der Waals surface area contributed by atoms with E-state index in [1.807, 2.05) is 0 Å². The average molecular weight is 461 g/mol. The second-order valence-electron chi connectivity index (χ2n) is 6.88. The zero-order chi connectivity index (χ0) is 22.7. The van der Waals surface area contributed by atoms with Gasteiger partial charge in [-0.2, -0.15) is 13.2 Å². The summed E-state index contributed by atoms with van der Waals surface area (Å²) in [7, 11) is 0. The number of aromatic nitrogens is 2. The Morgan fingerprint density at radius 1 is 1.00 bits per heavy atom. The van der Waals surface area contributed by atoms with E-state index in [1.54, 1.807) is 42.6 Å². The molecule has 0 aliphatic heterocycles. The quantitative estimate of drug-likeness (QED) is 0.345. The predicted molar refractivity (Wildman–Crippen MR) is 113 cm³/mol. The predicted octanol–water partition coefficient (Wildman–Crippen LogP) is 5.97. The first-order valence-corrected chi connectivity index (χ1v) is 9.86. The summed E-state index contributed by atoms with van der Waals surface area (Å²) in [6.45, 7) is -1.52. The van der Waals surface area contributed by atoms with E-state index in [4.69, 9.17) is 21.1 Å². The summed E-state index contributed by atoms with van der Waals surface area (Å²) in [5, 5.41) is 1.09. The van der Waals surface area contributed by atoms with Crippen LogP contribution < -0.4 is 9.47 Å². The largest absolute Gasteiger partial charge is 0.485 e. The van der Waals surface area contributed by atoms with Gasteiger partial charge in [0, 0.05) is 28.4 Å². The highest BCUT2D eigenvalue weighted by atomic mass is 35.5. The molecule has 0 saturated carbocycles. The molecule has 0 unspecified atom stereocenters. The molecule has 1 N–H and O–H groups in total. The molecule has 5 nitrogen and oxygen atoms in total. The van der Waals surface area contributed by atoms with Crippen LogP contribution in [0, 0.1) is 0 Å². The topological polar surface area (TPSA) is 64.2 Å². The summed E-state index contributed by atoms with van der Waals surface area (Å²) in [6.07, 6.45) is -1.56. The minimum absolute atomic E-state index is 0.0213. The maximum atomic E-state index is 13.3. The van der Waals surface area contributed by atoms with Gasteiger partial charge in [0.05, 0.1) is 5.56 Å². The smallest absolute Gasteiger partial charge is 0.422 e. The van der Waals surface area contributed by atoms with Crippen LogP contribution in [-0.2, 0) is 6.61 Å². The molecule has 0 saturated heterocycles. The number of nitrogens with zero attached hydrogens (tertiary/aromatic N) is 1. The minimum Gasteiger partial charge on any atom is -0.485 e. The molecule has 0 atom stereocenters. The van der Waals surface area contributed by atoms with Crippen LogP contribution in [0.4, 0.5) is 13.2 Å². The number of hydrogen-bond donors (Lipinski definition) is 1. The van der Waals surface area contributed by atoms with Crippen molar-refractivity contribution in [3.63, 3.8) is 0 Å². The van der Waals surface area contributed by atoms with E-state index in [0.717, 1.165) is 5.56 Å². The number of aromatic amines is 1. The molecule has 9 heteroatoms. The van der Waals surface area contributed by atoms with Crippen LogP contribution in [0.25, 0.3) is 11.0 Å². The van der Waals surface area contributed by atoms with Crippen LogP contribution in [-0.4, -0.2) is 28.5 Å². The summed E-state index contributed by atoms with van der Waals surface area (Å²) in [6, 6.07) is 14.5. The van der Waals surface area contributed by atoms with Crippen molar-refractivity contribution in [3.05, 3.63) is 88.7 Å². The number of fused-ring (bicyclic) bond motifs is 1. The van der Waals surface area contributed by atoms with Crippen LogP contribution in [0.15, 0.2) is 67.0 Å². The molecule has 2 aromatic carbocycles. The first-order valence-electron chi connectivity index (χ1n) is 9.48. The van der Waals surface area contributed by atoms with Crippen molar-refractivity contribution in [3.8, 4) is 11.5 Å². The number of para-hydroxylation sites is 1. The van der Waals surface area contributed by atoms with Gasteiger partial charge in [-0.15, -0.1) is 0 Å². The Morgan fingerprint density at radius 3 is 2.53 bits per heavy atom. The Morgan fingerprint density at radius 2 is 1.78 bits per heavy atom. The number of nitrogens with one attached hydrogen (secondary N) is 1. The number of carbonyl (C=O) groups is 1. The van der Waals surface area contributed by atoms with Gasteiger partial charge in [-0.3, -0.25) is 4.79 Å². The standard InChI is InChI=1S/C23H16ClF3N2O3/c24-15-8-6-14(7-9-15)12-31-19-5-1-3-17(21(19)32-13-23(25,26)27)20(30)18-11-29-22-16(18)4-2-10-28-22/h1-11H,12-13H2,(H,28,29). The highest BCUT2D eigenvalue weighted by Crippen LogP contribution is 2.35. The molecule has 0 aliphatic carbocycles. The molecule has 0 radical (unpaired) electrons. The van der Waals surface area contributed by atoms with Crippen LogP contribution in [0.5, 0.6) is 11.5 Å². The molecular formula is C23H16ClF3N2O3. The van der Waals surface area contributed by atoms with Gasteiger partial charge in [0.2, 0.25) is 0 Å². The lowest BCUT2D eigenvalue weighted by atomic mass is 10.0. The summed E-state index contributed by atoms with van der Waals surface area (Å²) in [5.74, 6) is -0.770. The van der Waals surface area contributed by atoms with Crippen molar-refractivity contribution in [2.75, 3.05) is 6.61 Å².